The molecule has 1 atom stereocenters. The van der Waals surface area contributed by atoms with E-state index >= 15 is 0 Å². The lowest BCUT2D eigenvalue weighted by Gasteiger charge is -2.36. The zero-order valence-corrected chi connectivity index (χ0v) is 15.6. The number of rotatable bonds is 3. The number of benzene rings is 2. The molecular formula is C22H25N3O. The number of aryl methyl sites for hydroxylation is 1. The van der Waals surface area contributed by atoms with Gasteiger partial charge in [-0.2, -0.15) is 0 Å². The van der Waals surface area contributed by atoms with Crippen LogP contribution in [0.25, 0.3) is 10.9 Å². The molecule has 0 bridgehead atoms. The van der Waals surface area contributed by atoms with Crippen LogP contribution in [0.1, 0.15) is 21.5 Å². The number of aromatic nitrogens is 1. The molecule has 4 heteroatoms. The molecule has 0 N–H and O–H groups in total. The molecule has 1 aliphatic rings. The van der Waals surface area contributed by atoms with E-state index in [0.717, 1.165) is 36.0 Å². The molecule has 26 heavy (non-hydrogen) atoms. The Morgan fingerprint density at radius 3 is 2.69 bits per heavy atom. The highest BCUT2D eigenvalue weighted by molar-refractivity contribution is 5.98. The molecule has 0 spiro atoms. The summed E-state index contributed by atoms with van der Waals surface area (Å²) in [5.74, 6) is 0.0837. The Labute approximate surface area is 154 Å². The summed E-state index contributed by atoms with van der Waals surface area (Å²) in [6, 6.07) is 17.0. The minimum absolute atomic E-state index is 0.0837. The first kappa shape index (κ1) is 16.9. The SMILES string of the molecule is CN(C[C@H]1Cc2ccccc2CN1C)C(=O)c1ccc2ccn(C)c2c1. The van der Waals surface area contributed by atoms with Gasteiger partial charge in [0.25, 0.3) is 5.91 Å². The van der Waals surface area contributed by atoms with Crippen LogP contribution in [0.5, 0.6) is 0 Å². The van der Waals surface area contributed by atoms with Crippen molar-refractivity contribution in [1.29, 1.82) is 0 Å². The lowest BCUT2D eigenvalue weighted by atomic mass is 9.94. The molecular weight excluding hydrogens is 322 g/mol. The Morgan fingerprint density at radius 1 is 1.12 bits per heavy atom. The van der Waals surface area contributed by atoms with Crippen molar-refractivity contribution in [3.63, 3.8) is 0 Å². The van der Waals surface area contributed by atoms with Crippen molar-refractivity contribution in [2.75, 3.05) is 20.6 Å². The lowest BCUT2D eigenvalue weighted by Crippen LogP contribution is -2.46. The maximum atomic E-state index is 12.9. The van der Waals surface area contributed by atoms with Crippen molar-refractivity contribution >= 4 is 16.8 Å². The molecule has 3 aromatic rings. The molecule has 0 saturated carbocycles. The standard InChI is InChI=1S/C22H25N3O/c1-23-11-10-16-8-9-18(13-21(16)23)22(26)25(3)15-20-12-17-6-4-5-7-19(17)14-24(20)2/h4-11,13,20H,12,14-15H2,1-3H3/t20-/m1/s1. The van der Waals surface area contributed by atoms with Crippen LogP contribution in [0.15, 0.2) is 54.7 Å². The summed E-state index contributed by atoms with van der Waals surface area (Å²) < 4.78 is 2.05. The molecule has 134 valence electrons. The van der Waals surface area contributed by atoms with Gasteiger partial charge in [-0.1, -0.05) is 30.3 Å². The van der Waals surface area contributed by atoms with Crippen molar-refractivity contribution in [3.05, 3.63) is 71.4 Å². The Hall–Kier alpha value is -2.59. The number of carbonyl (C=O) groups excluding carboxylic acids is 1. The number of likely N-dealkylation sites (N-methyl/N-ethyl adjacent to an activating group) is 2. The van der Waals surface area contributed by atoms with Gasteiger partial charge >= 0.3 is 0 Å². The van der Waals surface area contributed by atoms with Gasteiger partial charge in [0.1, 0.15) is 0 Å². The van der Waals surface area contributed by atoms with Crippen LogP contribution >= 0.6 is 0 Å². The van der Waals surface area contributed by atoms with E-state index in [1.807, 2.05) is 43.4 Å². The van der Waals surface area contributed by atoms with Gasteiger partial charge in [0.05, 0.1) is 0 Å². The van der Waals surface area contributed by atoms with Crippen molar-refractivity contribution < 1.29 is 4.79 Å². The molecule has 1 amide bonds. The molecule has 4 rings (SSSR count). The van der Waals surface area contributed by atoms with Crippen molar-refractivity contribution in [2.24, 2.45) is 7.05 Å². The second kappa shape index (κ2) is 6.61. The van der Waals surface area contributed by atoms with E-state index in [4.69, 9.17) is 0 Å². The molecule has 0 unspecified atom stereocenters. The monoisotopic (exact) mass is 347 g/mol. The fourth-order valence-corrected chi connectivity index (χ4v) is 3.94. The number of hydrogen-bond acceptors (Lipinski definition) is 2. The summed E-state index contributed by atoms with van der Waals surface area (Å²) in [6.07, 6.45) is 3.01. The van der Waals surface area contributed by atoms with Gasteiger partial charge in [-0.3, -0.25) is 9.69 Å². The van der Waals surface area contributed by atoms with E-state index in [0.29, 0.717) is 6.04 Å². The second-order valence-electron chi connectivity index (χ2n) is 7.43. The average molecular weight is 347 g/mol. The predicted octanol–water partition coefficient (Wildman–Crippen LogP) is 3.31. The van der Waals surface area contributed by atoms with Crippen LogP contribution in [-0.4, -0.2) is 47.0 Å². The molecule has 4 nitrogen and oxygen atoms in total. The Morgan fingerprint density at radius 2 is 1.88 bits per heavy atom. The summed E-state index contributed by atoms with van der Waals surface area (Å²) in [4.78, 5) is 17.2. The molecule has 0 fully saturated rings. The number of amides is 1. The second-order valence-corrected chi connectivity index (χ2v) is 7.43. The zero-order valence-electron chi connectivity index (χ0n) is 15.6. The first-order valence-electron chi connectivity index (χ1n) is 9.10. The topological polar surface area (TPSA) is 28.5 Å². The fourth-order valence-electron chi connectivity index (χ4n) is 3.94. The van der Waals surface area contributed by atoms with Gasteiger partial charge in [0, 0.05) is 50.5 Å². The number of nitrogens with zero attached hydrogens (tertiary/aromatic N) is 3. The van der Waals surface area contributed by atoms with Gasteiger partial charge in [0.15, 0.2) is 0 Å². The maximum Gasteiger partial charge on any atom is 0.253 e. The third-order valence-electron chi connectivity index (χ3n) is 5.58. The Bertz CT molecular complexity index is 959. The third kappa shape index (κ3) is 3.01. The quantitative estimate of drug-likeness (QED) is 0.727. The van der Waals surface area contributed by atoms with E-state index in [9.17, 15) is 4.79 Å². The first-order valence-corrected chi connectivity index (χ1v) is 9.10. The molecule has 0 saturated heterocycles. The fraction of sp³-hybridized carbons (Fsp3) is 0.318. The molecule has 0 radical (unpaired) electrons. The molecule has 1 aromatic heterocycles. The summed E-state index contributed by atoms with van der Waals surface area (Å²) in [7, 11) is 6.07. The van der Waals surface area contributed by atoms with E-state index in [-0.39, 0.29) is 5.91 Å². The van der Waals surface area contributed by atoms with Crippen LogP contribution in [0, 0.1) is 0 Å². The highest BCUT2D eigenvalue weighted by atomic mass is 16.2. The summed E-state index contributed by atoms with van der Waals surface area (Å²) in [6.45, 7) is 1.67. The summed E-state index contributed by atoms with van der Waals surface area (Å²) in [5, 5.41) is 1.16. The van der Waals surface area contributed by atoms with Gasteiger partial charge < -0.3 is 9.47 Å². The van der Waals surface area contributed by atoms with Crippen molar-refractivity contribution in [1.82, 2.24) is 14.4 Å². The summed E-state index contributed by atoms with van der Waals surface area (Å²) in [5.41, 5.74) is 4.64. The first-order chi connectivity index (χ1) is 12.5. The van der Waals surface area contributed by atoms with Crippen LogP contribution < -0.4 is 0 Å². The number of fused-ring (bicyclic) bond motifs is 2. The minimum atomic E-state index is 0.0837. The highest BCUT2D eigenvalue weighted by Gasteiger charge is 2.25. The van der Waals surface area contributed by atoms with Crippen LogP contribution in [-0.2, 0) is 20.0 Å². The zero-order chi connectivity index (χ0) is 18.3. The van der Waals surface area contributed by atoms with Gasteiger partial charge in [-0.05, 0) is 48.2 Å². The van der Waals surface area contributed by atoms with E-state index in [2.05, 4.69) is 46.8 Å². The number of hydrogen-bond donors (Lipinski definition) is 0. The maximum absolute atomic E-state index is 12.9. The molecule has 1 aliphatic heterocycles. The van der Waals surface area contributed by atoms with Crippen molar-refractivity contribution in [3.8, 4) is 0 Å². The van der Waals surface area contributed by atoms with Crippen LogP contribution in [0.3, 0.4) is 0 Å². The molecule has 0 aliphatic carbocycles. The largest absolute Gasteiger partial charge is 0.351 e. The molecule has 2 heterocycles. The van der Waals surface area contributed by atoms with Gasteiger partial charge in [-0.25, -0.2) is 0 Å². The van der Waals surface area contributed by atoms with Gasteiger partial charge in [-0.15, -0.1) is 0 Å². The van der Waals surface area contributed by atoms with E-state index in [1.165, 1.54) is 11.1 Å². The average Bonchev–Trinajstić information content (AvgIpc) is 3.02. The predicted molar refractivity (Wildman–Crippen MR) is 105 cm³/mol. The third-order valence-corrected chi connectivity index (χ3v) is 5.58. The van der Waals surface area contributed by atoms with Crippen molar-refractivity contribution in [2.45, 2.75) is 19.0 Å². The van der Waals surface area contributed by atoms with Crippen LogP contribution in [0.2, 0.25) is 0 Å². The normalized spacial score (nSPS) is 17.3. The highest BCUT2D eigenvalue weighted by Crippen LogP contribution is 2.23. The van der Waals surface area contributed by atoms with Crippen LogP contribution in [0.4, 0.5) is 0 Å². The summed E-state index contributed by atoms with van der Waals surface area (Å²) >= 11 is 0. The number of carbonyl (C=O) groups is 1. The Balaban J connectivity index is 1.51. The van der Waals surface area contributed by atoms with E-state index < -0.39 is 0 Å². The lowest BCUT2D eigenvalue weighted by molar-refractivity contribution is 0.0733. The Kier molecular flexibility index (Phi) is 4.29. The molecule has 2 aromatic carbocycles. The van der Waals surface area contributed by atoms with E-state index in [1.54, 1.807) is 0 Å². The minimum Gasteiger partial charge on any atom is -0.351 e. The smallest absolute Gasteiger partial charge is 0.253 e. The van der Waals surface area contributed by atoms with Gasteiger partial charge in [0.2, 0.25) is 0 Å².